The van der Waals surface area contributed by atoms with Crippen molar-refractivity contribution in [2.45, 2.75) is 6.10 Å². The maximum atomic E-state index is 10.0. The third-order valence-corrected chi connectivity index (χ3v) is 2.49. The zero-order valence-electron chi connectivity index (χ0n) is 8.05. The summed E-state index contributed by atoms with van der Waals surface area (Å²) in [6.45, 7) is 0. The number of aromatic amines is 1. The highest BCUT2D eigenvalue weighted by Crippen LogP contribution is 2.20. The van der Waals surface area contributed by atoms with Gasteiger partial charge in [0, 0.05) is 11.8 Å². The molecule has 0 bridgehead atoms. The number of pyridine rings is 1. The fourth-order valence-corrected chi connectivity index (χ4v) is 1.55. The molecule has 0 saturated heterocycles. The molecular weight excluding hydrogens is 206 g/mol. The zero-order valence-corrected chi connectivity index (χ0v) is 8.87. The standard InChI is InChI=1S/C12H11NOS/c14-12(9-4-2-1-3-5-9)10-6-7-11(15)13-8-10/h1-8,12,14H,(H,13,15). The number of aliphatic hydroxyl groups excluding tert-OH is 1. The van der Waals surface area contributed by atoms with Gasteiger partial charge in [0.25, 0.3) is 0 Å². The van der Waals surface area contributed by atoms with E-state index < -0.39 is 6.10 Å². The number of rotatable bonds is 2. The minimum absolute atomic E-state index is 0.599. The summed E-state index contributed by atoms with van der Waals surface area (Å²) < 4.78 is 0.666. The molecule has 0 aliphatic heterocycles. The normalized spacial score (nSPS) is 12.3. The van der Waals surface area contributed by atoms with Gasteiger partial charge in [0.2, 0.25) is 0 Å². The summed E-state index contributed by atoms with van der Waals surface area (Å²) in [7, 11) is 0. The summed E-state index contributed by atoms with van der Waals surface area (Å²) in [4.78, 5) is 2.91. The van der Waals surface area contributed by atoms with E-state index in [4.69, 9.17) is 12.2 Å². The van der Waals surface area contributed by atoms with Crippen LogP contribution in [0.1, 0.15) is 17.2 Å². The average Bonchev–Trinajstić information content (AvgIpc) is 2.30. The summed E-state index contributed by atoms with van der Waals surface area (Å²) in [6, 6.07) is 13.1. The van der Waals surface area contributed by atoms with Gasteiger partial charge in [0.15, 0.2) is 0 Å². The van der Waals surface area contributed by atoms with Crippen molar-refractivity contribution in [3.63, 3.8) is 0 Å². The van der Waals surface area contributed by atoms with Crippen LogP contribution in [-0.2, 0) is 0 Å². The van der Waals surface area contributed by atoms with Crippen molar-refractivity contribution in [1.82, 2.24) is 4.98 Å². The first-order chi connectivity index (χ1) is 7.27. The number of nitrogens with one attached hydrogen (secondary N) is 1. The van der Waals surface area contributed by atoms with Crippen molar-refractivity contribution in [3.05, 3.63) is 64.4 Å². The lowest BCUT2D eigenvalue weighted by Crippen LogP contribution is -1.99. The molecule has 1 heterocycles. The molecule has 0 spiro atoms. The van der Waals surface area contributed by atoms with Crippen molar-refractivity contribution in [2.24, 2.45) is 0 Å². The van der Waals surface area contributed by atoms with Gasteiger partial charge in [0.05, 0.1) is 0 Å². The van der Waals surface area contributed by atoms with E-state index in [-0.39, 0.29) is 0 Å². The molecule has 1 unspecified atom stereocenters. The minimum Gasteiger partial charge on any atom is -0.384 e. The molecule has 0 amide bonds. The van der Waals surface area contributed by atoms with Gasteiger partial charge in [-0.25, -0.2) is 0 Å². The molecule has 2 nitrogen and oxygen atoms in total. The topological polar surface area (TPSA) is 36.0 Å². The number of hydrogen-bond acceptors (Lipinski definition) is 2. The molecule has 3 heteroatoms. The predicted molar refractivity (Wildman–Crippen MR) is 62.1 cm³/mol. The Kier molecular flexibility index (Phi) is 2.94. The van der Waals surface area contributed by atoms with Crippen molar-refractivity contribution < 1.29 is 5.11 Å². The first-order valence-corrected chi connectivity index (χ1v) is 5.10. The predicted octanol–water partition coefficient (Wildman–Crippen LogP) is 2.83. The maximum absolute atomic E-state index is 10.0. The van der Waals surface area contributed by atoms with Crippen LogP contribution < -0.4 is 0 Å². The number of aromatic nitrogens is 1. The second kappa shape index (κ2) is 4.38. The summed E-state index contributed by atoms with van der Waals surface area (Å²) in [6.07, 6.45) is 1.14. The lowest BCUT2D eigenvalue weighted by Gasteiger charge is -2.10. The van der Waals surface area contributed by atoms with Gasteiger partial charge in [-0.15, -0.1) is 0 Å². The van der Waals surface area contributed by atoms with Gasteiger partial charge in [-0.3, -0.25) is 0 Å². The van der Waals surface area contributed by atoms with Crippen molar-refractivity contribution in [1.29, 1.82) is 0 Å². The monoisotopic (exact) mass is 217 g/mol. The second-order valence-electron chi connectivity index (χ2n) is 3.30. The average molecular weight is 217 g/mol. The van der Waals surface area contributed by atoms with Gasteiger partial charge in [0.1, 0.15) is 10.7 Å². The van der Waals surface area contributed by atoms with Crippen LogP contribution in [-0.4, -0.2) is 10.1 Å². The van der Waals surface area contributed by atoms with E-state index in [1.807, 2.05) is 36.4 Å². The minimum atomic E-state index is -0.599. The van der Waals surface area contributed by atoms with Gasteiger partial charge >= 0.3 is 0 Å². The van der Waals surface area contributed by atoms with Crippen LogP contribution in [0.5, 0.6) is 0 Å². The Bertz CT molecular complexity index is 472. The van der Waals surface area contributed by atoms with Gasteiger partial charge < -0.3 is 10.1 Å². The molecule has 76 valence electrons. The quantitative estimate of drug-likeness (QED) is 0.759. The first kappa shape index (κ1) is 10.1. The lowest BCUT2D eigenvalue weighted by molar-refractivity contribution is 0.220. The molecule has 2 aromatic rings. The van der Waals surface area contributed by atoms with Crippen LogP contribution in [0.4, 0.5) is 0 Å². The Morgan fingerprint density at radius 3 is 2.33 bits per heavy atom. The van der Waals surface area contributed by atoms with Crippen LogP contribution in [0.25, 0.3) is 0 Å². The highest BCUT2D eigenvalue weighted by molar-refractivity contribution is 7.71. The fraction of sp³-hybridized carbons (Fsp3) is 0.0833. The summed E-state index contributed by atoms with van der Waals surface area (Å²) in [5.74, 6) is 0. The molecule has 0 radical (unpaired) electrons. The molecular formula is C12H11NOS. The van der Waals surface area contributed by atoms with Crippen LogP contribution in [0.3, 0.4) is 0 Å². The number of benzene rings is 1. The van der Waals surface area contributed by atoms with E-state index in [1.165, 1.54) is 0 Å². The zero-order chi connectivity index (χ0) is 10.7. The summed E-state index contributed by atoms with van der Waals surface area (Å²) in [5, 5.41) is 10.0. The smallest absolute Gasteiger partial charge is 0.105 e. The molecule has 0 aliphatic carbocycles. The van der Waals surface area contributed by atoms with E-state index in [1.54, 1.807) is 12.3 Å². The lowest BCUT2D eigenvalue weighted by atomic mass is 10.0. The maximum Gasteiger partial charge on any atom is 0.105 e. The van der Waals surface area contributed by atoms with E-state index in [0.29, 0.717) is 4.64 Å². The highest BCUT2D eigenvalue weighted by atomic mass is 32.1. The van der Waals surface area contributed by atoms with E-state index >= 15 is 0 Å². The molecule has 1 atom stereocenters. The Morgan fingerprint density at radius 1 is 1.00 bits per heavy atom. The largest absolute Gasteiger partial charge is 0.384 e. The van der Waals surface area contributed by atoms with Gasteiger partial charge in [-0.05, 0) is 11.6 Å². The highest BCUT2D eigenvalue weighted by Gasteiger charge is 2.08. The third-order valence-electron chi connectivity index (χ3n) is 2.24. The Balaban J connectivity index is 2.32. The molecule has 0 aliphatic rings. The molecule has 2 rings (SSSR count). The number of H-pyrrole nitrogens is 1. The molecule has 15 heavy (non-hydrogen) atoms. The fourth-order valence-electron chi connectivity index (χ4n) is 1.42. The van der Waals surface area contributed by atoms with E-state index in [2.05, 4.69) is 4.98 Å². The SMILES string of the molecule is OC(c1ccccc1)c1ccc(=S)[nH]c1. The van der Waals surface area contributed by atoms with Crippen LogP contribution in [0, 0.1) is 4.64 Å². The third kappa shape index (κ3) is 2.32. The Hall–Kier alpha value is -1.45. The molecule has 2 N–H and O–H groups in total. The van der Waals surface area contributed by atoms with E-state index in [0.717, 1.165) is 11.1 Å². The second-order valence-corrected chi connectivity index (χ2v) is 3.74. The van der Waals surface area contributed by atoms with Gasteiger partial charge in [-0.2, -0.15) is 0 Å². The summed E-state index contributed by atoms with van der Waals surface area (Å²) in [5.41, 5.74) is 1.69. The molecule has 0 fully saturated rings. The number of aliphatic hydroxyl groups is 1. The van der Waals surface area contributed by atoms with Crippen LogP contribution >= 0.6 is 12.2 Å². The van der Waals surface area contributed by atoms with Crippen molar-refractivity contribution in [3.8, 4) is 0 Å². The number of hydrogen-bond donors (Lipinski definition) is 2. The van der Waals surface area contributed by atoms with E-state index in [9.17, 15) is 5.11 Å². The summed E-state index contributed by atoms with van der Waals surface area (Å²) >= 11 is 4.94. The van der Waals surface area contributed by atoms with Crippen LogP contribution in [0.2, 0.25) is 0 Å². The van der Waals surface area contributed by atoms with Gasteiger partial charge in [-0.1, -0.05) is 48.6 Å². The Morgan fingerprint density at radius 2 is 1.73 bits per heavy atom. The molecule has 1 aromatic heterocycles. The molecule has 0 saturated carbocycles. The Labute approximate surface area is 93.2 Å². The van der Waals surface area contributed by atoms with Crippen molar-refractivity contribution >= 4 is 12.2 Å². The molecule has 1 aromatic carbocycles. The van der Waals surface area contributed by atoms with Crippen LogP contribution in [0.15, 0.2) is 48.7 Å². The first-order valence-electron chi connectivity index (χ1n) is 4.69. The van der Waals surface area contributed by atoms with Crippen molar-refractivity contribution in [2.75, 3.05) is 0 Å².